The number of oxazole rings is 1. The van der Waals surface area contributed by atoms with Crippen LogP contribution < -0.4 is 5.32 Å². The molecular formula is C8H11BrN2O. The van der Waals surface area contributed by atoms with Gasteiger partial charge in [0.1, 0.15) is 5.76 Å². The van der Waals surface area contributed by atoms with Crippen molar-refractivity contribution in [1.82, 2.24) is 10.3 Å². The fraction of sp³-hybridized carbons (Fsp3) is 0.625. The summed E-state index contributed by atoms with van der Waals surface area (Å²) in [4.78, 5) is 4.51. The molecule has 0 unspecified atom stereocenters. The predicted molar refractivity (Wildman–Crippen MR) is 48.7 cm³/mol. The van der Waals surface area contributed by atoms with Crippen LogP contribution in [0.15, 0.2) is 15.4 Å². The van der Waals surface area contributed by atoms with Crippen LogP contribution in [-0.2, 0) is 6.54 Å². The molecule has 12 heavy (non-hydrogen) atoms. The van der Waals surface area contributed by atoms with E-state index in [1.165, 1.54) is 19.3 Å². The van der Waals surface area contributed by atoms with Crippen molar-refractivity contribution in [3.8, 4) is 0 Å². The highest BCUT2D eigenvalue weighted by Crippen LogP contribution is 2.18. The molecule has 1 saturated carbocycles. The number of hydrogen-bond donors (Lipinski definition) is 1. The Kier molecular flexibility index (Phi) is 2.46. The molecule has 3 nitrogen and oxygen atoms in total. The topological polar surface area (TPSA) is 38.1 Å². The van der Waals surface area contributed by atoms with Crippen molar-refractivity contribution in [2.75, 3.05) is 0 Å². The first kappa shape index (κ1) is 8.26. The van der Waals surface area contributed by atoms with Crippen LogP contribution in [0.5, 0.6) is 0 Å². The SMILES string of the molecule is Brc1ncc(CNC2CCC2)o1. The molecule has 2 rings (SSSR count). The van der Waals surface area contributed by atoms with E-state index in [2.05, 4.69) is 26.2 Å². The van der Waals surface area contributed by atoms with Crippen LogP contribution in [0.2, 0.25) is 0 Å². The van der Waals surface area contributed by atoms with Crippen molar-refractivity contribution in [3.63, 3.8) is 0 Å². The third-order valence-electron chi connectivity index (χ3n) is 2.20. The van der Waals surface area contributed by atoms with E-state index in [9.17, 15) is 0 Å². The third kappa shape index (κ3) is 1.87. The van der Waals surface area contributed by atoms with Gasteiger partial charge in [-0.05, 0) is 12.8 Å². The number of rotatable bonds is 3. The first-order chi connectivity index (χ1) is 5.84. The van der Waals surface area contributed by atoms with E-state index in [0.29, 0.717) is 10.8 Å². The van der Waals surface area contributed by atoms with Crippen molar-refractivity contribution in [2.45, 2.75) is 31.8 Å². The van der Waals surface area contributed by atoms with Crippen LogP contribution in [0, 0.1) is 0 Å². The summed E-state index contributed by atoms with van der Waals surface area (Å²) >= 11 is 3.16. The molecule has 0 radical (unpaired) electrons. The minimum absolute atomic E-state index is 0.563. The molecular weight excluding hydrogens is 220 g/mol. The van der Waals surface area contributed by atoms with Gasteiger partial charge >= 0.3 is 0 Å². The summed E-state index contributed by atoms with van der Waals surface area (Å²) in [5.74, 6) is 0.897. The molecule has 0 aliphatic heterocycles. The lowest BCUT2D eigenvalue weighted by molar-refractivity contribution is 0.323. The van der Waals surface area contributed by atoms with Gasteiger partial charge in [-0.15, -0.1) is 0 Å². The summed E-state index contributed by atoms with van der Waals surface area (Å²) in [6.45, 7) is 0.795. The van der Waals surface area contributed by atoms with Gasteiger partial charge in [0.15, 0.2) is 0 Å². The Bertz CT molecular complexity index is 257. The quantitative estimate of drug-likeness (QED) is 0.865. The molecule has 1 aliphatic carbocycles. The van der Waals surface area contributed by atoms with Gasteiger partial charge in [-0.1, -0.05) is 6.42 Å². The smallest absolute Gasteiger partial charge is 0.264 e. The Morgan fingerprint density at radius 3 is 3.00 bits per heavy atom. The molecule has 4 heteroatoms. The van der Waals surface area contributed by atoms with Gasteiger partial charge in [0.05, 0.1) is 12.7 Å². The monoisotopic (exact) mass is 230 g/mol. The summed E-state index contributed by atoms with van der Waals surface area (Å²) in [5, 5.41) is 3.39. The highest BCUT2D eigenvalue weighted by molar-refractivity contribution is 9.10. The average Bonchev–Trinajstić information content (AvgIpc) is 2.32. The van der Waals surface area contributed by atoms with Crippen molar-refractivity contribution in [3.05, 3.63) is 16.8 Å². The Morgan fingerprint density at radius 2 is 2.50 bits per heavy atom. The second-order valence-corrected chi connectivity index (χ2v) is 3.77. The van der Waals surface area contributed by atoms with Gasteiger partial charge in [-0.3, -0.25) is 0 Å². The zero-order valence-electron chi connectivity index (χ0n) is 6.72. The van der Waals surface area contributed by atoms with Gasteiger partial charge in [0, 0.05) is 22.0 Å². The van der Waals surface area contributed by atoms with Gasteiger partial charge in [-0.2, -0.15) is 0 Å². The minimum Gasteiger partial charge on any atom is -0.435 e. The Hall–Kier alpha value is -0.350. The van der Waals surface area contributed by atoms with Crippen molar-refractivity contribution in [2.24, 2.45) is 0 Å². The predicted octanol–water partition coefficient (Wildman–Crippen LogP) is 2.08. The first-order valence-corrected chi connectivity index (χ1v) is 4.97. The molecule has 0 spiro atoms. The van der Waals surface area contributed by atoms with E-state index >= 15 is 0 Å². The van der Waals surface area contributed by atoms with Crippen molar-refractivity contribution in [1.29, 1.82) is 0 Å². The summed E-state index contributed by atoms with van der Waals surface area (Å²) in [5.41, 5.74) is 0. The maximum absolute atomic E-state index is 5.25. The average molecular weight is 231 g/mol. The minimum atomic E-state index is 0.563. The fourth-order valence-electron chi connectivity index (χ4n) is 1.22. The second-order valence-electron chi connectivity index (χ2n) is 3.09. The molecule has 66 valence electrons. The summed E-state index contributed by atoms with van der Waals surface area (Å²) in [6, 6.07) is 0.703. The van der Waals surface area contributed by atoms with E-state index in [-0.39, 0.29) is 0 Å². The Labute approximate surface area is 79.7 Å². The van der Waals surface area contributed by atoms with Crippen LogP contribution in [0.3, 0.4) is 0 Å². The highest BCUT2D eigenvalue weighted by Gasteiger charge is 2.16. The summed E-state index contributed by atoms with van der Waals surface area (Å²) in [7, 11) is 0. The summed E-state index contributed by atoms with van der Waals surface area (Å²) in [6.07, 6.45) is 5.71. The van der Waals surface area contributed by atoms with Crippen LogP contribution >= 0.6 is 15.9 Å². The number of hydrogen-bond acceptors (Lipinski definition) is 3. The molecule has 1 aliphatic rings. The number of halogens is 1. The lowest BCUT2D eigenvalue weighted by Gasteiger charge is -2.25. The third-order valence-corrected chi connectivity index (χ3v) is 2.56. The molecule has 1 fully saturated rings. The molecule has 1 N–H and O–H groups in total. The lowest BCUT2D eigenvalue weighted by Crippen LogP contribution is -2.34. The highest BCUT2D eigenvalue weighted by atomic mass is 79.9. The molecule has 1 heterocycles. The molecule has 0 atom stereocenters. The standard InChI is InChI=1S/C8H11BrN2O/c9-8-11-5-7(12-8)4-10-6-2-1-3-6/h5-6,10H,1-4H2. The van der Waals surface area contributed by atoms with Crippen LogP contribution in [0.1, 0.15) is 25.0 Å². The van der Waals surface area contributed by atoms with Crippen molar-refractivity contribution < 1.29 is 4.42 Å². The van der Waals surface area contributed by atoms with Crippen LogP contribution in [-0.4, -0.2) is 11.0 Å². The molecule has 0 saturated heterocycles. The summed E-state index contributed by atoms with van der Waals surface area (Å²) < 4.78 is 5.25. The number of nitrogens with zero attached hydrogens (tertiary/aromatic N) is 1. The largest absolute Gasteiger partial charge is 0.435 e. The maximum Gasteiger partial charge on any atom is 0.264 e. The molecule has 0 amide bonds. The molecule has 0 bridgehead atoms. The zero-order chi connectivity index (χ0) is 8.39. The van der Waals surface area contributed by atoms with Crippen LogP contribution in [0.4, 0.5) is 0 Å². The maximum atomic E-state index is 5.25. The van der Waals surface area contributed by atoms with Gasteiger partial charge in [-0.25, -0.2) is 4.98 Å². The number of nitrogens with one attached hydrogen (secondary N) is 1. The van der Waals surface area contributed by atoms with E-state index < -0.39 is 0 Å². The Balaban J connectivity index is 1.79. The van der Waals surface area contributed by atoms with E-state index in [4.69, 9.17) is 4.42 Å². The number of aromatic nitrogens is 1. The zero-order valence-corrected chi connectivity index (χ0v) is 8.30. The Morgan fingerprint density at radius 1 is 1.67 bits per heavy atom. The fourth-order valence-corrected chi connectivity index (χ4v) is 1.53. The lowest BCUT2D eigenvalue weighted by atomic mass is 9.93. The molecule has 0 aromatic carbocycles. The van der Waals surface area contributed by atoms with Gasteiger partial charge < -0.3 is 9.73 Å². The second kappa shape index (κ2) is 3.58. The van der Waals surface area contributed by atoms with Crippen LogP contribution in [0.25, 0.3) is 0 Å². The van der Waals surface area contributed by atoms with E-state index in [0.717, 1.165) is 12.3 Å². The van der Waals surface area contributed by atoms with Gasteiger partial charge in [0.25, 0.3) is 4.80 Å². The van der Waals surface area contributed by atoms with E-state index in [1.54, 1.807) is 6.20 Å². The molecule has 1 aromatic rings. The van der Waals surface area contributed by atoms with Crippen molar-refractivity contribution >= 4 is 15.9 Å². The molecule has 1 aromatic heterocycles. The van der Waals surface area contributed by atoms with Gasteiger partial charge in [0.2, 0.25) is 0 Å². The van der Waals surface area contributed by atoms with E-state index in [1.807, 2.05) is 0 Å². The first-order valence-electron chi connectivity index (χ1n) is 4.18. The normalized spacial score (nSPS) is 17.8.